The number of nitrogens with two attached hydrogens (primary N) is 2. The average molecular weight is 193 g/mol. The lowest BCUT2D eigenvalue weighted by molar-refractivity contribution is -0.383. The van der Waals surface area contributed by atoms with Gasteiger partial charge in [-0.1, -0.05) is 6.08 Å². The summed E-state index contributed by atoms with van der Waals surface area (Å²) in [5.41, 5.74) is 12.2. The van der Waals surface area contributed by atoms with Crippen LogP contribution in [0.15, 0.2) is 24.8 Å². The van der Waals surface area contributed by atoms with Crippen LogP contribution in [0.3, 0.4) is 0 Å². The highest BCUT2D eigenvalue weighted by Crippen LogP contribution is 2.27. The van der Waals surface area contributed by atoms with Gasteiger partial charge in [0, 0.05) is 11.8 Å². The molecule has 1 aromatic carbocycles. The lowest BCUT2D eigenvalue weighted by atomic mass is 10.1. The zero-order valence-electron chi connectivity index (χ0n) is 7.56. The van der Waals surface area contributed by atoms with Gasteiger partial charge in [-0.3, -0.25) is 10.1 Å². The molecule has 5 heteroatoms. The third-order valence-corrected chi connectivity index (χ3v) is 1.85. The van der Waals surface area contributed by atoms with Crippen molar-refractivity contribution in [2.75, 3.05) is 11.5 Å². The Labute approximate surface area is 81.2 Å². The van der Waals surface area contributed by atoms with Gasteiger partial charge in [0.15, 0.2) is 0 Å². The van der Waals surface area contributed by atoms with Gasteiger partial charge in [-0.25, -0.2) is 0 Å². The highest BCUT2D eigenvalue weighted by molar-refractivity contribution is 5.68. The molecule has 0 fully saturated rings. The van der Waals surface area contributed by atoms with E-state index in [1.807, 2.05) is 0 Å². The van der Waals surface area contributed by atoms with Crippen molar-refractivity contribution in [2.45, 2.75) is 6.42 Å². The number of rotatable bonds is 3. The van der Waals surface area contributed by atoms with Crippen LogP contribution in [0.2, 0.25) is 0 Å². The Morgan fingerprint density at radius 1 is 1.43 bits per heavy atom. The lowest BCUT2D eigenvalue weighted by Gasteiger charge is -2.04. The van der Waals surface area contributed by atoms with Gasteiger partial charge in [-0.2, -0.15) is 0 Å². The Kier molecular flexibility index (Phi) is 2.71. The summed E-state index contributed by atoms with van der Waals surface area (Å²) >= 11 is 0. The van der Waals surface area contributed by atoms with E-state index >= 15 is 0 Å². The molecule has 0 saturated heterocycles. The van der Waals surface area contributed by atoms with Gasteiger partial charge >= 0.3 is 0 Å². The number of anilines is 2. The maximum atomic E-state index is 10.5. The van der Waals surface area contributed by atoms with Crippen molar-refractivity contribution >= 4 is 17.1 Å². The molecule has 0 aliphatic carbocycles. The smallest absolute Gasteiger partial charge is 0.294 e. The third kappa shape index (κ3) is 1.82. The summed E-state index contributed by atoms with van der Waals surface area (Å²) in [6.07, 6.45) is 2.21. The molecule has 4 N–H and O–H groups in total. The van der Waals surface area contributed by atoms with Crippen LogP contribution in [0.5, 0.6) is 0 Å². The Balaban J connectivity index is 3.23. The van der Waals surface area contributed by atoms with Gasteiger partial charge in [0.05, 0.1) is 4.92 Å². The monoisotopic (exact) mass is 193 g/mol. The van der Waals surface area contributed by atoms with Crippen molar-refractivity contribution in [2.24, 2.45) is 0 Å². The molecule has 0 spiro atoms. The largest absolute Gasteiger partial charge is 0.398 e. The van der Waals surface area contributed by atoms with Crippen molar-refractivity contribution < 1.29 is 4.92 Å². The zero-order valence-corrected chi connectivity index (χ0v) is 7.56. The van der Waals surface area contributed by atoms with E-state index < -0.39 is 4.92 Å². The van der Waals surface area contributed by atoms with Gasteiger partial charge in [-0.15, -0.1) is 6.58 Å². The van der Waals surface area contributed by atoms with E-state index in [0.29, 0.717) is 12.1 Å². The van der Waals surface area contributed by atoms with Crippen LogP contribution < -0.4 is 11.5 Å². The molecule has 0 atom stereocenters. The van der Waals surface area contributed by atoms with E-state index in [1.54, 1.807) is 6.08 Å². The second-order valence-corrected chi connectivity index (χ2v) is 2.86. The second kappa shape index (κ2) is 3.78. The van der Waals surface area contributed by atoms with E-state index in [0.717, 1.165) is 5.56 Å². The summed E-state index contributed by atoms with van der Waals surface area (Å²) in [5.74, 6) is 0. The van der Waals surface area contributed by atoms with Crippen LogP contribution in [0.1, 0.15) is 5.56 Å². The van der Waals surface area contributed by atoms with Crippen molar-refractivity contribution in [3.05, 3.63) is 40.5 Å². The first-order valence-electron chi connectivity index (χ1n) is 3.99. The Hall–Kier alpha value is -2.04. The summed E-state index contributed by atoms with van der Waals surface area (Å²) < 4.78 is 0. The fraction of sp³-hybridized carbons (Fsp3) is 0.111. The quantitative estimate of drug-likeness (QED) is 0.329. The number of hydrogen-bond donors (Lipinski definition) is 2. The second-order valence-electron chi connectivity index (χ2n) is 2.86. The summed E-state index contributed by atoms with van der Waals surface area (Å²) in [5, 5.41) is 10.5. The maximum absolute atomic E-state index is 10.5. The van der Waals surface area contributed by atoms with Crippen LogP contribution in [0.25, 0.3) is 0 Å². The average Bonchev–Trinajstić information content (AvgIpc) is 2.10. The standard InChI is InChI=1S/C9H11N3O2/c1-2-3-6-4-8(11)9(12(13)14)5-7(6)10/h2,4-5H,1,3,10-11H2. The first-order valence-corrected chi connectivity index (χ1v) is 3.99. The van der Waals surface area contributed by atoms with Crippen molar-refractivity contribution in [1.82, 2.24) is 0 Å². The molecule has 1 rings (SSSR count). The SMILES string of the molecule is C=CCc1cc(N)c([N+](=O)[O-])cc1N. The molecule has 0 amide bonds. The topological polar surface area (TPSA) is 95.2 Å². The Morgan fingerprint density at radius 3 is 2.57 bits per heavy atom. The zero-order chi connectivity index (χ0) is 10.7. The van der Waals surface area contributed by atoms with E-state index in [9.17, 15) is 10.1 Å². The minimum absolute atomic E-state index is 0.126. The fourth-order valence-corrected chi connectivity index (χ4v) is 1.16. The molecule has 0 saturated carbocycles. The Morgan fingerprint density at radius 2 is 2.07 bits per heavy atom. The van der Waals surface area contributed by atoms with Crippen LogP contribution >= 0.6 is 0 Å². The van der Waals surface area contributed by atoms with Crippen LogP contribution in [0, 0.1) is 10.1 Å². The van der Waals surface area contributed by atoms with Gasteiger partial charge in [0.1, 0.15) is 5.69 Å². The Bertz CT molecular complexity index is 388. The van der Waals surface area contributed by atoms with Crippen molar-refractivity contribution in [3.63, 3.8) is 0 Å². The number of nitro benzene ring substituents is 1. The first kappa shape index (κ1) is 10.0. The number of hydrogen-bond acceptors (Lipinski definition) is 4. The molecule has 5 nitrogen and oxygen atoms in total. The summed E-state index contributed by atoms with van der Waals surface area (Å²) in [4.78, 5) is 9.94. The number of nitro groups is 1. The summed E-state index contributed by atoms with van der Waals surface area (Å²) in [6.45, 7) is 3.55. The number of nitrogens with zero attached hydrogens (tertiary/aromatic N) is 1. The van der Waals surface area contributed by atoms with Gasteiger partial charge in [0.2, 0.25) is 0 Å². The van der Waals surface area contributed by atoms with Gasteiger partial charge in [0.25, 0.3) is 5.69 Å². The lowest BCUT2D eigenvalue weighted by Crippen LogP contribution is -2.00. The maximum Gasteiger partial charge on any atom is 0.294 e. The number of nitrogen functional groups attached to an aromatic ring is 2. The van der Waals surface area contributed by atoms with E-state index in [1.165, 1.54) is 12.1 Å². The molecule has 0 radical (unpaired) electrons. The van der Waals surface area contributed by atoms with Crippen LogP contribution in [-0.2, 0) is 6.42 Å². The molecule has 1 aromatic rings. The molecule has 0 unspecified atom stereocenters. The highest BCUT2D eigenvalue weighted by Gasteiger charge is 2.13. The third-order valence-electron chi connectivity index (χ3n) is 1.85. The van der Waals surface area contributed by atoms with Gasteiger partial charge in [-0.05, 0) is 18.1 Å². The minimum Gasteiger partial charge on any atom is -0.398 e. The predicted octanol–water partition coefficient (Wildman–Crippen LogP) is 1.49. The number of allylic oxidation sites excluding steroid dienone is 1. The molecule has 0 heterocycles. The molecular formula is C9H11N3O2. The van der Waals surface area contributed by atoms with E-state index in [-0.39, 0.29) is 11.4 Å². The van der Waals surface area contributed by atoms with E-state index in [4.69, 9.17) is 11.5 Å². The van der Waals surface area contributed by atoms with Crippen LogP contribution in [-0.4, -0.2) is 4.92 Å². The van der Waals surface area contributed by atoms with Crippen molar-refractivity contribution in [3.8, 4) is 0 Å². The normalized spacial score (nSPS) is 9.71. The number of benzene rings is 1. The molecule has 0 bridgehead atoms. The van der Waals surface area contributed by atoms with E-state index in [2.05, 4.69) is 6.58 Å². The molecule has 0 aliphatic rings. The highest BCUT2D eigenvalue weighted by atomic mass is 16.6. The fourth-order valence-electron chi connectivity index (χ4n) is 1.16. The summed E-state index contributed by atoms with van der Waals surface area (Å²) in [7, 11) is 0. The molecule has 0 aromatic heterocycles. The minimum atomic E-state index is -0.552. The molecule has 0 aliphatic heterocycles. The van der Waals surface area contributed by atoms with Crippen molar-refractivity contribution in [1.29, 1.82) is 0 Å². The first-order chi connectivity index (χ1) is 6.56. The summed E-state index contributed by atoms with van der Waals surface area (Å²) in [6, 6.07) is 2.78. The molecular weight excluding hydrogens is 182 g/mol. The predicted molar refractivity (Wildman–Crippen MR) is 55.8 cm³/mol. The van der Waals surface area contributed by atoms with Crippen LogP contribution in [0.4, 0.5) is 17.1 Å². The molecule has 14 heavy (non-hydrogen) atoms. The molecule has 74 valence electrons. The van der Waals surface area contributed by atoms with Gasteiger partial charge < -0.3 is 11.5 Å².